The molecular weight excluding hydrogens is 352 g/mol. The molecule has 3 aromatic rings. The molecule has 0 atom stereocenters. The minimum atomic E-state index is -0.582. The first-order chi connectivity index (χ1) is 12.6. The van der Waals surface area contributed by atoms with E-state index in [-0.39, 0.29) is 25.7 Å². The van der Waals surface area contributed by atoms with Gasteiger partial charge in [0.05, 0.1) is 16.8 Å². The van der Waals surface area contributed by atoms with Gasteiger partial charge in [0.2, 0.25) is 0 Å². The van der Waals surface area contributed by atoms with E-state index in [2.05, 4.69) is 4.98 Å². The van der Waals surface area contributed by atoms with Gasteiger partial charge in [-0.25, -0.2) is 9.78 Å². The van der Waals surface area contributed by atoms with Crippen molar-refractivity contribution in [1.29, 1.82) is 0 Å². The Morgan fingerprint density at radius 1 is 1.04 bits per heavy atom. The number of nitrogens with zero attached hydrogens (tertiary/aromatic N) is 2. The number of ether oxygens (including phenoxy) is 2. The number of carbonyl (C=O) groups is 2. The Morgan fingerprint density at radius 3 is 2.54 bits per heavy atom. The number of hydrogen-bond donors (Lipinski definition) is 0. The van der Waals surface area contributed by atoms with Crippen molar-refractivity contribution in [2.75, 3.05) is 25.2 Å². The van der Waals surface area contributed by atoms with E-state index in [0.29, 0.717) is 0 Å². The van der Waals surface area contributed by atoms with Crippen LogP contribution in [0.5, 0.6) is 0 Å². The summed E-state index contributed by atoms with van der Waals surface area (Å²) in [5, 5.41) is 0.791. The summed E-state index contributed by atoms with van der Waals surface area (Å²) in [7, 11) is 1.63. The third-order valence-electron chi connectivity index (χ3n) is 3.66. The highest BCUT2D eigenvalue weighted by Gasteiger charge is 2.14. The molecule has 0 N–H and O–H groups in total. The molecule has 0 saturated heterocycles. The lowest BCUT2D eigenvalue weighted by atomic mass is 10.3. The van der Waals surface area contributed by atoms with Crippen molar-refractivity contribution in [3.05, 3.63) is 59.6 Å². The number of carbonyl (C=O) groups excluding carboxylic acids is 2. The molecule has 0 aliphatic heterocycles. The normalized spacial score (nSPS) is 10.7. The molecule has 134 valence electrons. The number of anilines is 1. The fourth-order valence-corrected chi connectivity index (χ4v) is 3.18. The summed E-state index contributed by atoms with van der Waals surface area (Å²) in [6, 6.07) is 16.9. The van der Waals surface area contributed by atoms with Crippen molar-refractivity contribution in [2.24, 2.45) is 0 Å². The van der Waals surface area contributed by atoms with Crippen molar-refractivity contribution in [3.63, 3.8) is 0 Å². The van der Waals surface area contributed by atoms with Crippen molar-refractivity contribution in [3.8, 4) is 0 Å². The summed E-state index contributed by atoms with van der Waals surface area (Å²) in [6.07, 6.45) is 0. The summed E-state index contributed by atoms with van der Waals surface area (Å²) in [5.41, 5.74) is 1.65. The predicted molar refractivity (Wildman–Crippen MR) is 100 cm³/mol. The molecule has 26 heavy (non-hydrogen) atoms. The number of amides is 1. The van der Waals surface area contributed by atoms with Gasteiger partial charge in [0.25, 0.3) is 5.91 Å². The Kier molecular flexibility index (Phi) is 5.93. The van der Waals surface area contributed by atoms with Crippen molar-refractivity contribution >= 4 is 39.1 Å². The largest absolute Gasteiger partial charge is 0.454 e. The zero-order valence-corrected chi connectivity index (χ0v) is 15.1. The molecule has 0 radical (unpaired) electrons. The first-order valence-electron chi connectivity index (χ1n) is 8.03. The number of benzene rings is 2. The molecule has 0 fully saturated rings. The quantitative estimate of drug-likeness (QED) is 0.598. The van der Waals surface area contributed by atoms with Gasteiger partial charge < -0.3 is 14.4 Å². The van der Waals surface area contributed by atoms with Gasteiger partial charge >= 0.3 is 5.97 Å². The van der Waals surface area contributed by atoms with Crippen LogP contribution in [0.2, 0.25) is 0 Å². The van der Waals surface area contributed by atoms with E-state index in [1.54, 1.807) is 19.2 Å². The van der Waals surface area contributed by atoms with Crippen LogP contribution in [0.4, 0.5) is 5.69 Å². The molecule has 0 aliphatic rings. The number of esters is 1. The van der Waals surface area contributed by atoms with Crippen LogP contribution in [0, 0.1) is 0 Å². The van der Waals surface area contributed by atoms with Crippen LogP contribution in [0.25, 0.3) is 10.2 Å². The van der Waals surface area contributed by atoms with Crippen LogP contribution in [-0.4, -0.2) is 37.1 Å². The highest BCUT2D eigenvalue weighted by Crippen LogP contribution is 2.21. The topological polar surface area (TPSA) is 68.7 Å². The molecule has 3 rings (SSSR count). The Bertz CT molecular complexity index is 862. The van der Waals surface area contributed by atoms with Crippen molar-refractivity contribution in [1.82, 2.24) is 4.98 Å². The predicted octanol–water partition coefficient (Wildman–Crippen LogP) is 3.02. The summed E-state index contributed by atoms with van der Waals surface area (Å²) >= 11 is 1.52. The maximum absolute atomic E-state index is 12.0. The highest BCUT2D eigenvalue weighted by molar-refractivity contribution is 7.18. The van der Waals surface area contributed by atoms with E-state index in [4.69, 9.17) is 9.47 Å². The number of hydrogen-bond acceptors (Lipinski definition) is 6. The van der Waals surface area contributed by atoms with Gasteiger partial charge in [0.1, 0.15) is 11.6 Å². The van der Waals surface area contributed by atoms with Crippen molar-refractivity contribution in [2.45, 2.75) is 6.61 Å². The van der Waals surface area contributed by atoms with E-state index >= 15 is 0 Å². The average Bonchev–Trinajstić information content (AvgIpc) is 3.09. The molecule has 0 saturated carbocycles. The number of aromatic nitrogens is 1. The van der Waals surface area contributed by atoms with Crippen LogP contribution < -0.4 is 4.90 Å². The molecular formula is C19H18N2O4S. The van der Waals surface area contributed by atoms with E-state index in [9.17, 15) is 9.59 Å². The minimum Gasteiger partial charge on any atom is -0.454 e. The second-order valence-corrected chi connectivity index (χ2v) is 6.63. The summed E-state index contributed by atoms with van der Waals surface area (Å²) in [6.45, 7) is -0.320. The van der Waals surface area contributed by atoms with Crippen LogP contribution in [0.15, 0.2) is 54.6 Å². The van der Waals surface area contributed by atoms with E-state index < -0.39 is 5.97 Å². The van der Waals surface area contributed by atoms with E-state index in [0.717, 1.165) is 20.9 Å². The number of likely N-dealkylation sites (N-methyl/N-ethyl adjacent to an activating group) is 1. The second-order valence-electron chi connectivity index (χ2n) is 5.52. The van der Waals surface area contributed by atoms with Gasteiger partial charge in [-0.15, -0.1) is 11.3 Å². The molecule has 0 unspecified atom stereocenters. The lowest BCUT2D eigenvalue weighted by Gasteiger charge is -2.17. The van der Waals surface area contributed by atoms with Crippen LogP contribution >= 0.6 is 11.3 Å². The molecule has 1 aromatic heterocycles. The van der Waals surface area contributed by atoms with Gasteiger partial charge in [-0.1, -0.05) is 30.3 Å². The first-order valence-corrected chi connectivity index (χ1v) is 8.84. The molecule has 1 amide bonds. The average molecular weight is 370 g/mol. The number of fused-ring (bicyclic) bond motifs is 1. The zero-order chi connectivity index (χ0) is 18.4. The lowest BCUT2D eigenvalue weighted by molar-refractivity contribution is -0.152. The zero-order valence-electron chi connectivity index (χ0n) is 14.3. The number of thiazole rings is 1. The van der Waals surface area contributed by atoms with Gasteiger partial charge in [0.15, 0.2) is 6.61 Å². The minimum absolute atomic E-state index is 0.224. The summed E-state index contributed by atoms with van der Waals surface area (Å²) in [4.78, 5) is 29.6. The number of rotatable bonds is 7. The molecule has 1 heterocycles. The fraction of sp³-hybridized carbons (Fsp3) is 0.211. The monoisotopic (exact) mass is 370 g/mol. The molecule has 0 spiro atoms. The Hall–Kier alpha value is -2.77. The van der Waals surface area contributed by atoms with Gasteiger partial charge in [0, 0.05) is 12.7 Å². The highest BCUT2D eigenvalue weighted by atomic mass is 32.1. The van der Waals surface area contributed by atoms with Gasteiger partial charge in [-0.05, 0) is 24.3 Å². The third-order valence-corrected chi connectivity index (χ3v) is 4.67. The maximum Gasteiger partial charge on any atom is 0.332 e. The Balaban J connectivity index is 1.40. The maximum atomic E-state index is 12.0. The van der Waals surface area contributed by atoms with Gasteiger partial charge in [-0.3, -0.25) is 4.79 Å². The number of para-hydroxylation sites is 2. The molecule has 0 aliphatic carbocycles. The van der Waals surface area contributed by atoms with E-state index in [1.807, 2.05) is 42.5 Å². The molecule has 6 nitrogen and oxygen atoms in total. The van der Waals surface area contributed by atoms with Gasteiger partial charge in [-0.2, -0.15) is 0 Å². The van der Waals surface area contributed by atoms with Crippen LogP contribution in [0.3, 0.4) is 0 Å². The Labute approximate surface area is 155 Å². The SMILES string of the molecule is CN(C(=O)COC(=O)COCc1nc2ccccc2s1)c1ccccc1. The first kappa shape index (κ1) is 18.0. The fourth-order valence-electron chi connectivity index (χ4n) is 2.28. The Morgan fingerprint density at radius 2 is 1.77 bits per heavy atom. The molecule has 7 heteroatoms. The molecule has 2 aromatic carbocycles. The smallest absolute Gasteiger partial charge is 0.332 e. The van der Waals surface area contributed by atoms with Crippen molar-refractivity contribution < 1.29 is 19.1 Å². The van der Waals surface area contributed by atoms with Crippen LogP contribution in [0.1, 0.15) is 5.01 Å². The summed E-state index contributed by atoms with van der Waals surface area (Å²) < 4.78 is 11.4. The third kappa shape index (κ3) is 4.65. The van der Waals surface area contributed by atoms with E-state index in [1.165, 1.54) is 16.2 Å². The standard InChI is InChI=1S/C19H18N2O4S/c1-21(14-7-3-2-4-8-14)18(22)12-25-19(23)13-24-11-17-20-15-9-5-6-10-16(15)26-17/h2-10H,11-13H2,1H3. The molecule has 0 bridgehead atoms. The second kappa shape index (κ2) is 8.55. The van der Waals surface area contributed by atoms with Crippen LogP contribution in [-0.2, 0) is 25.7 Å². The lowest BCUT2D eigenvalue weighted by Crippen LogP contribution is -2.31. The summed E-state index contributed by atoms with van der Waals surface area (Å²) in [5.74, 6) is -0.892.